The molecule has 1 aromatic rings. The molecule has 2 rings (SSSR count). The van der Waals surface area contributed by atoms with Crippen LogP contribution in [0.25, 0.3) is 0 Å². The molecule has 1 aliphatic carbocycles. The molecule has 0 aromatic carbocycles. The Kier molecular flexibility index (Phi) is 1.46. The standard InChI is InChI=1S/C8H9NOS/c9-8(10)6-4-5(6)7-2-1-3-11-7/h1-3,5-6H,4H2,(H2,9,10). The van der Waals surface area contributed by atoms with Crippen LogP contribution in [0.1, 0.15) is 17.2 Å². The molecule has 58 valence electrons. The van der Waals surface area contributed by atoms with Crippen LogP contribution in [0.15, 0.2) is 17.5 Å². The molecule has 2 atom stereocenters. The molecule has 0 saturated heterocycles. The lowest BCUT2D eigenvalue weighted by molar-refractivity contribution is -0.119. The molecule has 0 bridgehead atoms. The Hall–Kier alpha value is -0.830. The van der Waals surface area contributed by atoms with E-state index in [0.29, 0.717) is 5.92 Å². The van der Waals surface area contributed by atoms with Crippen LogP contribution in [0.4, 0.5) is 0 Å². The second kappa shape index (κ2) is 2.34. The highest BCUT2D eigenvalue weighted by molar-refractivity contribution is 7.10. The van der Waals surface area contributed by atoms with Gasteiger partial charge in [0.15, 0.2) is 0 Å². The molecule has 2 unspecified atom stereocenters. The summed E-state index contributed by atoms with van der Waals surface area (Å²) in [5.74, 6) is 0.407. The minimum absolute atomic E-state index is 0.119. The van der Waals surface area contributed by atoms with Crippen LogP contribution >= 0.6 is 11.3 Å². The fourth-order valence-electron chi connectivity index (χ4n) is 1.33. The average molecular weight is 167 g/mol. The topological polar surface area (TPSA) is 43.1 Å². The van der Waals surface area contributed by atoms with Gasteiger partial charge in [0.25, 0.3) is 0 Å². The first kappa shape index (κ1) is 6.85. The van der Waals surface area contributed by atoms with Gasteiger partial charge in [-0.15, -0.1) is 11.3 Å². The van der Waals surface area contributed by atoms with Crippen LogP contribution < -0.4 is 5.73 Å². The second-order valence-electron chi connectivity index (χ2n) is 2.87. The van der Waals surface area contributed by atoms with Crippen molar-refractivity contribution >= 4 is 17.2 Å². The molecular formula is C8H9NOS. The van der Waals surface area contributed by atoms with Crippen molar-refractivity contribution in [3.63, 3.8) is 0 Å². The number of nitrogens with two attached hydrogens (primary N) is 1. The van der Waals surface area contributed by atoms with Crippen molar-refractivity contribution in [2.75, 3.05) is 0 Å². The van der Waals surface area contributed by atoms with Crippen LogP contribution in [0.2, 0.25) is 0 Å². The van der Waals surface area contributed by atoms with Gasteiger partial charge in [-0.1, -0.05) is 6.07 Å². The van der Waals surface area contributed by atoms with Crippen molar-refractivity contribution in [2.24, 2.45) is 11.7 Å². The van der Waals surface area contributed by atoms with Gasteiger partial charge in [-0.25, -0.2) is 0 Å². The van der Waals surface area contributed by atoms with E-state index in [0.717, 1.165) is 6.42 Å². The van der Waals surface area contributed by atoms with Gasteiger partial charge in [0.05, 0.1) is 0 Å². The zero-order valence-electron chi connectivity index (χ0n) is 5.99. The summed E-state index contributed by atoms with van der Waals surface area (Å²) in [7, 11) is 0. The first-order chi connectivity index (χ1) is 5.29. The van der Waals surface area contributed by atoms with E-state index in [1.165, 1.54) is 4.88 Å². The molecule has 1 aromatic heterocycles. The molecule has 1 saturated carbocycles. The van der Waals surface area contributed by atoms with E-state index in [1.54, 1.807) is 11.3 Å². The molecule has 1 aliphatic rings. The number of hydrogen-bond donors (Lipinski definition) is 1. The third-order valence-corrected chi connectivity index (χ3v) is 3.07. The fourth-order valence-corrected chi connectivity index (χ4v) is 2.23. The first-order valence-corrected chi connectivity index (χ1v) is 4.49. The van der Waals surface area contributed by atoms with Crippen LogP contribution in [0.3, 0.4) is 0 Å². The Bertz CT molecular complexity index is 268. The van der Waals surface area contributed by atoms with Crippen LogP contribution in [0, 0.1) is 5.92 Å². The number of rotatable bonds is 2. The monoisotopic (exact) mass is 167 g/mol. The average Bonchev–Trinajstić information content (AvgIpc) is 2.60. The van der Waals surface area contributed by atoms with Crippen molar-refractivity contribution in [2.45, 2.75) is 12.3 Å². The number of carbonyl (C=O) groups excluding carboxylic acids is 1. The fraction of sp³-hybridized carbons (Fsp3) is 0.375. The largest absolute Gasteiger partial charge is 0.369 e. The summed E-state index contributed by atoms with van der Waals surface area (Å²) in [5, 5.41) is 2.03. The lowest BCUT2D eigenvalue weighted by Crippen LogP contribution is -2.13. The Labute approximate surface area is 69.0 Å². The molecule has 2 nitrogen and oxygen atoms in total. The molecule has 1 amide bonds. The van der Waals surface area contributed by atoms with Crippen LogP contribution in [0.5, 0.6) is 0 Å². The van der Waals surface area contributed by atoms with E-state index < -0.39 is 0 Å². The number of carbonyl (C=O) groups is 1. The molecule has 0 spiro atoms. The minimum atomic E-state index is -0.150. The summed E-state index contributed by atoms with van der Waals surface area (Å²) in [5.41, 5.74) is 5.16. The lowest BCUT2D eigenvalue weighted by Gasteiger charge is -1.89. The van der Waals surface area contributed by atoms with E-state index >= 15 is 0 Å². The molecule has 3 heteroatoms. The normalized spacial score (nSPS) is 28.4. The minimum Gasteiger partial charge on any atom is -0.369 e. The van der Waals surface area contributed by atoms with Crippen molar-refractivity contribution in [3.05, 3.63) is 22.4 Å². The second-order valence-corrected chi connectivity index (χ2v) is 3.85. The SMILES string of the molecule is NC(=O)C1CC1c1cccs1. The Morgan fingerprint density at radius 3 is 3.00 bits per heavy atom. The van der Waals surface area contributed by atoms with E-state index in [1.807, 2.05) is 11.4 Å². The van der Waals surface area contributed by atoms with Crippen LogP contribution in [-0.2, 0) is 4.79 Å². The van der Waals surface area contributed by atoms with Crippen molar-refractivity contribution in [3.8, 4) is 0 Å². The van der Waals surface area contributed by atoms with Gasteiger partial charge in [-0.05, 0) is 17.9 Å². The molecule has 11 heavy (non-hydrogen) atoms. The number of thiophene rings is 1. The van der Waals surface area contributed by atoms with E-state index in [2.05, 4.69) is 6.07 Å². The molecule has 0 radical (unpaired) electrons. The first-order valence-electron chi connectivity index (χ1n) is 3.62. The lowest BCUT2D eigenvalue weighted by atomic mass is 10.2. The predicted octanol–water partition coefficient (Wildman–Crippen LogP) is 1.34. The highest BCUT2D eigenvalue weighted by Gasteiger charge is 2.43. The van der Waals surface area contributed by atoms with E-state index in [4.69, 9.17) is 5.73 Å². The smallest absolute Gasteiger partial charge is 0.221 e. The Balaban J connectivity index is 2.08. The third-order valence-electron chi connectivity index (χ3n) is 2.06. The summed E-state index contributed by atoms with van der Waals surface area (Å²) < 4.78 is 0. The molecular weight excluding hydrogens is 158 g/mol. The summed E-state index contributed by atoms with van der Waals surface area (Å²) in [6.07, 6.45) is 0.954. The maximum atomic E-state index is 10.7. The molecule has 1 heterocycles. The summed E-state index contributed by atoms with van der Waals surface area (Å²) >= 11 is 1.71. The molecule has 2 N–H and O–H groups in total. The van der Waals surface area contributed by atoms with Gasteiger partial charge in [-0.2, -0.15) is 0 Å². The van der Waals surface area contributed by atoms with E-state index in [-0.39, 0.29) is 11.8 Å². The molecule has 0 aliphatic heterocycles. The van der Waals surface area contributed by atoms with Gasteiger partial charge in [0, 0.05) is 16.7 Å². The quantitative estimate of drug-likeness (QED) is 0.709. The predicted molar refractivity (Wildman–Crippen MR) is 44.4 cm³/mol. The molecule has 1 fully saturated rings. The zero-order valence-corrected chi connectivity index (χ0v) is 6.80. The third kappa shape index (κ3) is 1.16. The number of amides is 1. The maximum Gasteiger partial charge on any atom is 0.221 e. The summed E-state index contributed by atoms with van der Waals surface area (Å²) in [6, 6.07) is 4.08. The van der Waals surface area contributed by atoms with Gasteiger partial charge < -0.3 is 5.73 Å². The maximum absolute atomic E-state index is 10.7. The Morgan fingerprint density at radius 1 is 1.73 bits per heavy atom. The van der Waals surface area contributed by atoms with Gasteiger partial charge in [0.1, 0.15) is 0 Å². The van der Waals surface area contributed by atoms with Crippen molar-refractivity contribution in [1.82, 2.24) is 0 Å². The van der Waals surface area contributed by atoms with E-state index in [9.17, 15) is 4.79 Å². The zero-order chi connectivity index (χ0) is 7.84. The van der Waals surface area contributed by atoms with Crippen molar-refractivity contribution < 1.29 is 4.79 Å². The van der Waals surface area contributed by atoms with Crippen LogP contribution in [-0.4, -0.2) is 5.91 Å². The Morgan fingerprint density at radius 2 is 2.55 bits per heavy atom. The number of primary amides is 1. The highest BCUT2D eigenvalue weighted by Crippen LogP contribution is 2.48. The highest BCUT2D eigenvalue weighted by atomic mass is 32.1. The van der Waals surface area contributed by atoms with Gasteiger partial charge in [-0.3, -0.25) is 4.79 Å². The van der Waals surface area contributed by atoms with Crippen molar-refractivity contribution in [1.29, 1.82) is 0 Å². The van der Waals surface area contributed by atoms with Gasteiger partial charge in [0.2, 0.25) is 5.91 Å². The number of hydrogen-bond acceptors (Lipinski definition) is 2. The summed E-state index contributed by atoms with van der Waals surface area (Å²) in [4.78, 5) is 12.0. The summed E-state index contributed by atoms with van der Waals surface area (Å²) in [6.45, 7) is 0. The van der Waals surface area contributed by atoms with Gasteiger partial charge >= 0.3 is 0 Å².